The van der Waals surface area contributed by atoms with Crippen molar-refractivity contribution in [1.29, 1.82) is 0 Å². The first-order valence-corrected chi connectivity index (χ1v) is 7.94. The van der Waals surface area contributed by atoms with E-state index in [4.69, 9.17) is 0 Å². The van der Waals surface area contributed by atoms with Crippen molar-refractivity contribution in [3.8, 4) is 0 Å². The molecule has 2 fully saturated rings. The Kier molecular flexibility index (Phi) is 3.92. The summed E-state index contributed by atoms with van der Waals surface area (Å²) in [6.07, 6.45) is 10.9. The van der Waals surface area contributed by atoms with E-state index in [0.29, 0.717) is 0 Å². The van der Waals surface area contributed by atoms with Crippen molar-refractivity contribution in [2.75, 3.05) is 13.1 Å². The fraction of sp³-hybridized carbons (Fsp3) is 0.812. The van der Waals surface area contributed by atoms with E-state index in [-0.39, 0.29) is 0 Å². The van der Waals surface area contributed by atoms with Crippen LogP contribution in [0.4, 0.5) is 0 Å². The van der Waals surface area contributed by atoms with E-state index in [1.807, 2.05) is 17.9 Å². The van der Waals surface area contributed by atoms with E-state index in [1.165, 1.54) is 62.9 Å². The van der Waals surface area contributed by atoms with Crippen LogP contribution in [0.1, 0.15) is 49.8 Å². The van der Waals surface area contributed by atoms with Gasteiger partial charge < -0.3 is 0 Å². The van der Waals surface area contributed by atoms with Gasteiger partial charge >= 0.3 is 0 Å². The van der Waals surface area contributed by atoms with Crippen LogP contribution in [0.3, 0.4) is 0 Å². The molecule has 19 heavy (non-hydrogen) atoms. The van der Waals surface area contributed by atoms with E-state index < -0.39 is 0 Å². The minimum Gasteiger partial charge on any atom is -0.299 e. The van der Waals surface area contributed by atoms with E-state index >= 15 is 0 Å². The Bertz CT molecular complexity index is 418. The first kappa shape index (κ1) is 13.2. The zero-order valence-corrected chi connectivity index (χ0v) is 12.4. The normalized spacial score (nSPS) is 26.1. The third-order valence-electron chi connectivity index (χ3n) is 5.36. The molecule has 3 heteroatoms. The molecule has 0 aromatic carbocycles. The predicted molar refractivity (Wildman–Crippen MR) is 77.9 cm³/mol. The molecule has 1 saturated heterocycles. The van der Waals surface area contributed by atoms with E-state index in [1.54, 1.807) is 0 Å². The molecule has 0 unspecified atom stereocenters. The molecule has 0 bridgehead atoms. The number of hydrogen-bond acceptors (Lipinski definition) is 2. The maximum atomic E-state index is 4.36. The lowest BCUT2D eigenvalue weighted by atomic mass is 9.80. The topological polar surface area (TPSA) is 21.1 Å². The monoisotopic (exact) mass is 261 g/mol. The van der Waals surface area contributed by atoms with Crippen LogP contribution in [-0.4, -0.2) is 27.8 Å². The van der Waals surface area contributed by atoms with Crippen LogP contribution in [0, 0.1) is 18.8 Å². The average molecular weight is 261 g/mol. The van der Waals surface area contributed by atoms with Crippen LogP contribution in [0.5, 0.6) is 0 Å². The molecule has 1 aliphatic carbocycles. The van der Waals surface area contributed by atoms with Gasteiger partial charge in [-0.1, -0.05) is 32.1 Å². The van der Waals surface area contributed by atoms with E-state index in [9.17, 15) is 0 Å². The minimum atomic E-state index is 0.970. The van der Waals surface area contributed by atoms with Gasteiger partial charge in [0.15, 0.2) is 0 Å². The van der Waals surface area contributed by atoms with Crippen molar-refractivity contribution in [1.82, 2.24) is 14.7 Å². The van der Waals surface area contributed by atoms with Crippen molar-refractivity contribution in [2.24, 2.45) is 18.9 Å². The van der Waals surface area contributed by atoms with Gasteiger partial charge in [-0.05, 0) is 31.7 Å². The predicted octanol–water partition coefficient (Wildman–Crippen LogP) is 3.13. The summed E-state index contributed by atoms with van der Waals surface area (Å²) in [6.45, 7) is 5.88. The largest absolute Gasteiger partial charge is 0.299 e. The Morgan fingerprint density at radius 1 is 1.16 bits per heavy atom. The quantitative estimate of drug-likeness (QED) is 0.833. The number of likely N-dealkylation sites (tertiary alicyclic amines) is 1. The van der Waals surface area contributed by atoms with Crippen LogP contribution in [0.2, 0.25) is 0 Å². The van der Waals surface area contributed by atoms with Crippen molar-refractivity contribution in [2.45, 2.75) is 52.0 Å². The molecule has 0 N–H and O–H groups in total. The fourth-order valence-electron chi connectivity index (χ4n) is 3.94. The highest BCUT2D eigenvalue weighted by Gasteiger charge is 2.30. The third kappa shape index (κ3) is 2.86. The molecule has 106 valence electrons. The lowest BCUT2D eigenvalue weighted by molar-refractivity contribution is 0.234. The van der Waals surface area contributed by atoms with Gasteiger partial charge in [-0.3, -0.25) is 9.58 Å². The molecule has 0 radical (unpaired) electrons. The van der Waals surface area contributed by atoms with Crippen LogP contribution < -0.4 is 0 Å². The molecule has 0 spiro atoms. The van der Waals surface area contributed by atoms with Crippen LogP contribution >= 0.6 is 0 Å². The van der Waals surface area contributed by atoms with E-state index in [0.717, 1.165) is 18.4 Å². The van der Waals surface area contributed by atoms with Gasteiger partial charge in [0.05, 0.1) is 6.20 Å². The molecule has 3 nitrogen and oxygen atoms in total. The van der Waals surface area contributed by atoms with Gasteiger partial charge in [0.1, 0.15) is 0 Å². The van der Waals surface area contributed by atoms with Crippen molar-refractivity contribution in [3.63, 3.8) is 0 Å². The van der Waals surface area contributed by atoms with Gasteiger partial charge in [0.2, 0.25) is 0 Å². The third-order valence-corrected chi connectivity index (χ3v) is 5.36. The molecule has 1 atom stereocenters. The molecule has 1 aromatic rings. The summed E-state index contributed by atoms with van der Waals surface area (Å²) in [5.74, 6) is 1.99. The lowest BCUT2D eigenvalue weighted by Crippen LogP contribution is -2.24. The lowest BCUT2D eigenvalue weighted by Gasteiger charge is -2.27. The van der Waals surface area contributed by atoms with E-state index in [2.05, 4.69) is 16.9 Å². The average Bonchev–Trinajstić information content (AvgIpc) is 3.02. The highest BCUT2D eigenvalue weighted by Crippen LogP contribution is 2.35. The molecule has 0 amide bonds. The minimum absolute atomic E-state index is 0.970. The second kappa shape index (κ2) is 5.66. The van der Waals surface area contributed by atoms with Gasteiger partial charge in [0, 0.05) is 31.4 Å². The Hall–Kier alpha value is -0.830. The second-order valence-corrected chi connectivity index (χ2v) is 6.56. The molecular weight excluding hydrogens is 234 g/mol. The highest BCUT2D eigenvalue weighted by molar-refractivity contribution is 5.15. The SMILES string of the molecule is Cc1c(CN2CC[C@H](C3CCCCC3)C2)cnn1C. The molecule has 2 heterocycles. The van der Waals surface area contributed by atoms with Gasteiger partial charge in [-0.2, -0.15) is 5.10 Å². The maximum absolute atomic E-state index is 4.36. The molecule has 3 rings (SSSR count). The van der Waals surface area contributed by atoms with Crippen molar-refractivity contribution < 1.29 is 0 Å². The second-order valence-electron chi connectivity index (χ2n) is 6.56. The summed E-state index contributed by atoms with van der Waals surface area (Å²) in [6, 6.07) is 0. The molecule has 1 aromatic heterocycles. The number of rotatable bonds is 3. The Balaban J connectivity index is 1.55. The van der Waals surface area contributed by atoms with Crippen LogP contribution in [0.25, 0.3) is 0 Å². The number of hydrogen-bond donors (Lipinski definition) is 0. The Morgan fingerprint density at radius 2 is 1.95 bits per heavy atom. The number of aryl methyl sites for hydroxylation is 1. The Labute approximate surface area is 117 Å². The summed E-state index contributed by atoms with van der Waals surface area (Å²) in [4.78, 5) is 2.64. The zero-order valence-electron chi connectivity index (χ0n) is 12.4. The summed E-state index contributed by atoms with van der Waals surface area (Å²) >= 11 is 0. The number of nitrogens with zero attached hydrogens (tertiary/aromatic N) is 3. The maximum Gasteiger partial charge on any atom is 0.0537 e. The molecule has 1 aliphatic heterocycles. The highest BCUT2D eigenvalue weighted by atomic mass is 15.3. The van der Waals surface area contributed by atoms with Gasteiger partial charge in [-0.15, -0.1) is 0 Å². The summed E-state index contributed by atoms with van der Waals surface area (Å²) < 4.78 is 1.99. The zero-order chi connectivity index (χ0) is 13.2. The van der Waals surface area contributed by atoms with Crippen molar-refractivity contribution in [3.05, 3.63) is 17.5 Å². The first-order chi connectivity index (χ1) is 9.24. The van der Waals surface area contributed by atoms with Crippen LogP contribution in [-0.2, 0) is 13.6 Å². The smallest absolute Gasteiger partial charge is 0.0537 e. The standard InChI is InChI=1S/C16H27N3/c1-13-16(10-17-18(13)2)12-19-9-8-15(11-19)14-6-4-3-5-7-14/h10,14-15H,3-9,11-12H2,1-2H3/t15-/m0/s1. The molecular formula is C16H27N3. The Morgan fingerprint density at radius 3 is 2.63 bits per heavy atom. The van der Waals surface area contributed by atoms with Gasteiger partial charge in [-0.25, -0.2) is 0 Å². The summed E-state index contributed by atoms with van der Waals surface area (Å²) in [5.41, 5.74) is 2.73. The molecule has 2 aliphatic rings. The molecule has 1 saturated carbocycles. The first-order valence-electron chi connectivity index (χ1n) is 7.94. The number of aromatic nitrogens is 2. The van der Waals surface area contributed by atoms with Crippen molar-refractivity contribution >= 4 is 0 Å². The summed E-state index contributed by atoms with van der Waals surface area (Å²) in [5, 5.41) is 4.36. The fourth-order valence-corrected chi connectivity index (χ4v) is 3.94. The van der Waals surface area contributed by atoms with Crippen LogP contribution in [0.15, 0.2) is 6.20 Å². The summed E-state index contributed by atoms with van der Waals surface area (Å²) in [7, 11) is 2.04. The van der Waals surface area contributed by atoms with Gasteiger partial charge in [0.25, 0.3) is 0 Å².